The van der Waals surface area contributed by atoms with Crippen molar-refractivity contribution < 1.29 is 4.79 Å². The van der Waals surface area contributed by atoms with Crippen molar-refractivity contribution in [1.29, 1.82) is 0 Å². The van der Waals surface area contributed by atoms with E-state index >= 15 is 0 Å². The Bertz CT molecular complexity index is 683. The fraction of sp³-hybridized carbons (Fsp3) is 0.312. The van der Waals surface area contributed by atoms with Crippen molar-refractivity contribution in [1.82, 2.24) is 0 Å². The zero-order valence-electron chi connectivity index (χ0n) is 11.8. The first-order valence-corrected chi connectivity index (χ1v) is 8.64. The summed E-state index contributed by atoms with van der Waals surface area (Å²) < 4.78 is 0.919. The monoisotopic (exact) mass is 364 g/mol. The van der Waals surface area contributed by atoms with Gasteiger partial charge in [0, 0.05) is 16.4 Å². The van der Waals surface area contributed by atoms with E-state index in [1.165, 1.54) is 10.4 Å². The third-order valence-corrected chi connectivity index (χ3v) is 5.52. The molecule has 1 aliphatic carbocycles. The molecule has 0 fully saturated rings. The van der Waals surface area contributed by atoms with E-state index in [0.717, 1.165) is 29.4 Å². The van der Waals surface area contributed by atoms with Gasteiger partial charge in [-0.25, -0.2) is 0 Å². The summed E-state index contributed by atoms with van der Waals surface area (Å²) in [6.45, 7) is 0. The lowest BCUT2D eigenvalue weighted by molar-refractivity contribution is -0.120. The minimum Gasteiger partial charge on any atom is -0.397 e. The van der Waals surface area contributed by atoms with Gasteiger partial charge >= 0.3 is 0 Å². The molecule has 1 heterocycles. The lowest BCUT2D eigenvalue weighted by atomic mass is 9.86. The van der Waals surface area contributed by atoms with Crippen molar-refractivity contribution in [2.45, 2.75) is 25.2 Å². The maximum absolute atomic E-state index is 12.9. The third-order valence-electron chi connectivity index (χ3n) is 4.03. The number of fused-ring (bicyclic) bond motifs is 1. The van der Waals surface area contributed by atoms with Gasteiger partial charge < -0.3 is 10.6 Å². The second-order valence-electron chi connectivity index (χ2n) is 5.34. The molecule has 5 heteroatoms. The maximum Gasteiger partial charge on any atom is 0.234 e. The Morgan fingerprint density at radius 1 is 1.43 bits per heavy atom. The Morgan fingerprint density at radius 3 is 3.00 bits per heavy atom. The average molecular weight is 365 g/mol. The molecule has 0 bridgehead atoms. The van der Waals surface area contributed by atoms with E-state index in [2.05, 4.69) is 27.4 Å². The summed E-state index contributed by atoms with van der Waals surface area (Å²) in [5, 5.41) is 2.09. The number of amides is 1. The normalized spacial score (nSPS) is 17.3. The molecule has 3 rings (SSSR count). The molecule has 2 aromatic rings. The summed E-state index contributed by atoms with van der Waals surface area (Å²) in [5.41, 5.74) is 8.63. The topological polar surface area (TPSA) is 46.3 Å². The Kier molecular flexibility index (Phi) is 4.04. The fourth-order valence-electron chi connectivity index (χ4n) is 2.93. The Balaban J connectivity index is 1.89. The second kappa shape index (κ2) is 5.81. The molecule has 1 atom stereocenters. The van der Waals surface area contributed by atoms with Gasteiger partial charge in [-0.05, 0) is 54.5 Å². The van der Waals surface area contributed by atoms with Crippen molar-refractivity contribution >= 4 is 44.5 Å². The number of thiophene rings is 1. The molecule has 1 unspecified atom stereocenters. The van der Waals surface area contributed by atoms with E-state index in [9.17, 15) is 4.79 Å². The molecule has 2 N–H and O–H groups in total. The number of carbonyl (C=O) groups is 1. The molecule has 110 valence electrons. The van der Waals surface area contributed by atoms with Crippen LogP contribution in [0.15, 0.2) is 34.1 Å². The van der Waals surface area contributed by atoms with E-state index in [1.807, 2.05) is 25.2 Å². The Labute approximate surface area is 136 Å². The number of likely N-dealkylation sites (N-methyl/N-ethyl adjacent to an activating group) is 1. The first-order valence-electron chi connectivity index (χ1n) is 6.97. The van der Waals surface area contributed by atoms with Gasteiger partial charge in [0.25, 0.3) is 0 Å². The number of hydrogen-bond acceptors (Lipinski definition) is 3. The molecule has 3 nitrogen and oxygen atoms in total. The van der Waals surface area contributed by atoms with Gasteiger partial charge in [0.05, 0.1) is 17.3 Å². The van der Waals surface area contributed by atoms with Gasteiger partial charge in [-0.15, -0.1) is 11.3 Å². The van der Waals surface area contributed by atoms with Crippen molar-refractivity contribution in [3.05, 3.63) is 44.6 Å². The molecule has 21 heavy (non-hydrogen) atoms. The fourth-order valence-corrected chi connectivity index (χ4v) is 4.29. The van der Waals surface area contributed by atoms with Crippen molar-refractivity contribution in [2.24, 2.45) is 0 Å². The SMILES string of the molecule is CN(C(=O)C1CCCc2sccc21)c1ccc(Br)cc1N. The number of halogens is 1. The van der Waals surface area contributed by atoms with E-state index in [0.29, 0.717) is 5.69 Å². The molecule has 0 radical (unpaired) electrons. The largest absolute Gasteiger partial charge is 0.397 e. The van der Waals surface area contributed by atoms with E-state index < -0.39 is 0 Å². The van der Waals surface area contributed by atoms with Crippen LogP contribution in [-0.4, -0.2) is 13.0 Å². The van der Waals surface area contributed by atoms with Crippen LogP contribution in [0.3, 0.4) is 0 Å². The van der Waals surface area contributed by atoms with Gasteiger partial charge in [-0.2, -0.15) is 0 Å². The van der Waals surface area contributed by atoms with Crippen LogP contribution in [0.5, 0.6) is 0 Å². The van der Waals surface area contributed by atoms with Crippen LogP contribution in [0.1, 0.15) is 29.2 Å². The smallest absolute Gasteiger partial charge is 0.234 e. The summed E-state index contributed by atoms with van der Waals surface area (Å²) in [4.78, 5) is 15.9. The quantitative estimate of drug-likeness (QED) is 0.812. The number of nitrogens with two attached hydrogens (primary N) is 1. The number of nitrogen functional groups attached to an aromatic ring is 1. The highest BCUT2D eigenvalue weighted by Crippen LogP contribution is 2.37. The van der Waals surface area contributed by atoms with Crippen LogP contribution >= 0.6 is 27.3 Å². The summed E-state index contributed by atoms with van der Waals surface area (Å²) in [7, 11) is 1.81. The van der Waals surface area contributed by atoms with Crippen molar-refractivity contribution in [2.75, 3.05) is 17.7 Å². The molecule has 0 saturated carbocycles. The summed E-state index contributed by atoms with van der Waals surface area (Å²) in [5.74, 6) is 0.0939. The average Bonchev–Trinajstić information content (AvgIpc) is 2.94. The van der Waals surface area contributed by atoms with Gasteiger partial charge in [0.15, 0.2) is 0 Å². The molecule has 1 aromatic heterocycles. The molecule has 1 aliphatic rings. The van der Waals surface area contributed by atoms with Gasteiger partial charge in [0.2, 0.25) is 5.91 Å². The van der Waals surface area contributed by atoms with Gasteiger partial charge in [0.1, 0.15) is 0 Å². The molecule has 0 saturated heterocycles. The Hall–Kier alpha value is -1.33. The maximum atomic E-state index is 12.9. The van der Waals surface area contributed by atoms with E-state index in [1.54, 1.807) is 16.2 Å². The van der Waals surface area contributed by atoms with Crippen molar-refractivity contribution in [3.63, 3.8) is 0 Å². The Morgan fingerprint density at radius 2 is 2.24 bits per heavy atom. The number of benzene rings is 1. The molecular formula is C16H17BrN2OS. The van der Waals surface area contributed by atoms with Crippen LogP contribution < -0.4 is 10.6 Å². The summed E-state index contributed by atoms with van der Waals surface area (Å²) >= 11 is 5.15. The predicted molar refractivity (Wildman–Crippen MR) is 92.0 cm³/mol. The lowest BCUT2D eigenvalue weighted by Gasteiger charge is -2.27. The molecule has 0 aliphatic heterocycles. The van der Waals surface area contributed by atoms with Crippen molar-refractivity contribution in [3.8, 4) is 0 Å². The standard InChI is InChI=1S/C16H17BrN2OS/c1-19(14-6-5-10(17)9-13(14)18)16(20)12-3-2-4-15-11(12)7-8-21-15/h5-9,12H,2-4,18H2,1H3. The molecular weight excluding hydrogens is 348 g/mol. The van der Waals surface area contributed by atoms with Crippen LogP contribution in [0, 0.1) is 0 Å². The number of hydrogen-bond donors (Lipinski definition) is 1. The van der Waals surface area contributed by atoms with Crippen LogP contribution in [0.25, 0.3) is 0 Å². The second-order valence-corrected chi connectivity index (χ2v) is 7.26. The summed E-state index contributed by atoms with van der Waals surface area (Å²) in [6, 6.07) is 7.72. The van der Waals surface area contributed by atoms with Crippen LogP contribution in [-0.2, 0) is 11.2 Å². The van der Waals surface area contributed by atoms with E-state index in [4.69, 9.17) is 5.73 Å². The number of aryl methyl sites for hydroxylation is 1. The highest BCUT2D eigenvalue weighted by Gasteiger charge is 2.30. The number of carbonyl (C=O) groups excluding carboxylic acids is 1. The van der Waals surface area contributed by atoms with E-state index in [-0.39, 0.29) is 11.8 Å². The molecule has 1 aromatic carbocycles. The zero-order valence-corrected chi connectivity index (χ0v) is 14.2. The minimum absolute atomic E-state index is 0.0342. The van der Waals surface area contributed by atoms with Crippen LogP contribution in [0.2, 0.25) is 0 Å². The third kappa shape index (κ3) is 2.72. The minimum atomic E-state index is -0.0342. The first-order chi connectivity index (χ1) is 10.1. The highest BCUT2D eigenvalue weighted by molar-refractivity contribution is 9.10. The lowest BCUT2D eigenvalue weighted by Crippen LogP contribution is -2.33. The summed E-state index contributed by atoms with van der Waals surface area (Å²) in [6.07, 6.45) is 3.10. The molecule has 0 spiro atoms. The first kappa shape index (κ1) is 14.6. The molecule has 1 amide bonds. The highest BCUT2D eigenvalue weighted by atomic mass is 79.9. The number of nitrogens with zero attached hydrogens (tertiary/aromatic N) is 1. The van der Waals surface area contributed by atoms with Crippen LogP contribution in [0.4, 0.5) is 11.4 Å². The van der Waals surface area contributed by atoms with Gasteiger partial charge in [-0.1, -0.05) is 15.9 Å². The number of rotatable bonds is 2. The predicted octanol–water partition coefficient (Wildman–Crippen LogP) is 4.18. The van der Waals surface area contributed by atoms with Gasteiger partial charge in [-0.3, -0.25) is 4.79 Å². The number of anilines is 2. The zero-order chi connectivity index (χ0) is 15.0.